The van der Waals surface area contributed by atoms with Gasteiger partial charge in [-0.15, -0.1) is 0 Å². The number of hydrogen-bond acceptors (Lipinski definition) is 6. The van der Waals surface area contributed by atoms with Crippen molar-refractivity contribution in [1.29, 1.82) is 0 Å². The van der Waals surface area contributed by atoms with E-state index in [9.17, 15) is 18.4 Å². The number of halogens is 2. The fourth-order valence-corrected chi connectivity index (χ4v) is 3.09. The van der Waals surface area contributed by atoms with Gasteiger partial charge in [-0.3, -0.25) is 0 Å². The van der Waals surface area contributed by atoms with Crippen molar-refractivity contribution in [2.24, 2.45) is 0 Å². The normalized spacial score (nSPS) is 10.7. The Morgan fingerprint density at radius 2 is 1.72 bits per heavy atom. The fraction of sp³-hybridized carbons (Fsp3) is 0.261. The molecule has 0 bridgehead atoms. The third kappa shape index (κ3) is 4.46. The molecule has 0 atom stereocenters. The van der Waals surface area contributed by atoms with E-state index in [-0.39, 0.29) is 34.9 Å². The molecule has 32 heavy (non-hydrogen) atoms. The molecule has 0 aliphatic heterocycles. The van der Waals surface area contributed by atoms with Crippen LogP contribution >= 0.6 is 0 Å². The van der Waals surface area contributed by atoms with Gasteiger partial charge in [0.15, 0.2) is 17.3 Å². The first-order chi connectivity index (χ1) is 15.4. The summed E-state index contributed by atoms with van der Waals surface area (Å²) in [7, 11) is 2.29. The van der Waals surface area contributed by atoms with Crippen molar-refractivity contribution in [2.45, 2.75) is 19.8 Å². The topological polar surface area (TPSA) is 79.7 Å². The Kier molecular flexibility index (Phi) is 7.19. The van der Waals surface area contributed by atoms with Crippen LogP contribution in [0, 0.1) is 11.6 Å². The van der Waals surface area contributed by atoms with Gasteiger partial charge in [-0.05, 0) is 30.7 Å². The second-order valence-corrected chi connectivity index (χ2v) is 6.77. The Labute approximate surface area is 183 Å². The van der Waals surface area contributed by atoms with Crippen LogP contribution in [0.5, 0.6) is 5.75 Å². The maximum absolute atomic E-state index is 14.4. The molecule has 3 aromatic rings. The molecule has 0 fully saturated rings. The first-order valence-electron chi connectivity index (χ1n) is 9.90. The quantitative estimate of drug-likeness (QED) is 0.374. The van der Waals surface area contributed by atoms with Crippen molar-refractivity contribution in [3.63, 3.8) is 0 Å². The lowest BCUT2D eigenvalue weighted by molar-refractivity contribution is 0.0549. The van der Waals surface area contributed by atoms with E-state index >= 15 is 0 Å². The van der Waals surface area contributed by atoms with Gasteiger partial charge in [-0.1, -0.05) is 31.5 Å². The van der Waals surface area contributed by atoms with Crippen molar-refractivity contribution in [1.82, 2.24) is 9.78 Å². The van der Waals surface area contributed by atoms with Gasteiger partial charge < -0.3 is 14.2 Å². The number of rotatable bonds is 8. The lowest BCUT2D eigenvalue weighted by Crippen LogP contribution is -2.15. The number of esters is 2. The summed E-state index contributed by atoms with van der Waals surface area (Å²) < 4.78 is 45.0. The predicted octanol–water partition coefficient (Wildman–Crippen LogP) is 4.57. The summed E-state index contributed by atoms with van der Waals surface area (Å²) in [5.41, 5.74) is -0.0465. The number of aromatic nitrogens is 2. The maximum Gasteiger partial charge on any atom is 0.357 e. The van der Waals surface area contributed by atoms with Crippen molar-refractivity contribution in [3.05, 3.63) is 65.4 Å². The smallest absolute Gasteiger partial charge is 0.357 e. The van der Waals surface area contributed by atoms with Crippen LogP contribution < -0.4 is 4.74 Å². The summed E-state index contributed by atoms with van der Waals surface area (Å²) in [6.07, 6.45) is 1.45. The van der Waals surface area contributed by atoms with Crippen LogP contribution in [0.1, 0.15) is 40.6 Å². The molecule has 3 rings (SSSR count). The van der Waals surface area contributed by atoms with E-state index < -0.39 is 23.6 Å². The first kappa shape index (κ1) is 22.9. The number of benzene rings is 2. The lowest BCUT2D eigenvalue weighted by atomic mass is 10.0. The largest absolute Gasteiger partial charge is 0.490 e. The summed E-state index contributed by atoms with van der Waals surface area (Å²) in [6, 6.07) is 10.6. The monoisotopic (exact) mass is 444 g/mol. The molecule has 0 unspecified atom stereocenters. The number of ether oxygens (including phenoxy) is 3. The molecule has 1 heterocycles. The van der Waals surface area contributed by atoms with Crippen LogP contribution in [0.3, 0.4) is 0 Å². The minimum atomic E-state index is -1.18. The molecule has 0 spiro atoms. The zero-order valence-electron chi connectivity index (χ0n) is 17.9. The molecule has 2 aromatic carbocycles. The van der Waals surface area contributed by atoms with Gasteiger partial charge in [0.05, 0.1) is 26.5 Å². The molecule has 0 saturated heterocycles. The number of unbranched alkanes of at least 4 members (excludes halogenated alkanes) is 1. The van der Waals surface area contributed by atoms with Gasteiger partial charge in [0.2, 0.25) is 5.82 Å². The van der Waals surface area contributed by atoms with Gasteiger partial charge in [0, 0.05) is 5.56 Å². The van der Waals surface area contributed by atoms with Crippen LogP contribution in [0.25, 0.3) is 16.9 Å². The highest BCUT2D eigenvalue weighted by Gasteiger charge is 2.32. The molecule has 0 saturated carbocycles. The van der Waals surface area contributed by atoms with E-state index in [4.69, 9.17) is 14.2 Å². The first-order valence-corrected chi connectivity index (χ1v) is 9.90. The van der Waals surface area contributed by atoms with Crippen molar-refractivity contribution >= 4 is 11.9 Å². The molecule has 168 valence electrons. The van der Waals surface area contributed by atoms with Crippen molar-refractivity contribution < 1.29 is 32.6 Å². The van der Waals surface area contributed by atoms with Crippen LogP contribution in [0.2, 0.25) is 0 Å². The Morgan fingerprint density at radius 3 is 2.34 bits per heavy atom. The Morgan fingerprint density at radius 1 is 1.03 bits per heavy atom. The number of methoxy groups -OCH3 is 2. The van der Waals surface area contributed by atoms with E-state index in [1.807, 2.05) is 6.92 Å². The minimum Gasteiger partial charge on any atom is -0.490 e. The molecule has 0 amide bonds. The SMILES string of the molecule is CCCCOc1cc(-c2nn(-c3ccccc3)c(C(=O)OC)c2C(=O)OC)cc(F)c1F. The molecule has 0 radical (unpaired) electrons. The third-order valence-corrected chi connectivity index (χ3v) is 4.68. The molecule has 0 N–H and O–H groups in total. The Hall–Kier alpha value is -3.75. The van der Waals surface area contributed by atoms with E-state index in [1.54, 1.807) is 30.3 Å². The van der Waals surface area contributed by atoms with E-state index in [2.05, 4.69) is 5.10 Å². The van der Waals surface area contributed by atoms with Crippen LogP contribution in [-0.4, -0.2) is 42.5 Å². The molecule has 0 aliphatic carbocycles. The molecule has 0 aliphatic rings. The maximum atomic E-state index is 14.4. The van der Waals surface area contributed by atoms with Crippen molar-refractivity contribution in [3.8, 4) is 22.7 Å². The molecule has 7 nitrogen and oxygen atoms in total. The highest BCUT2D eigenvalue weighted by molar-refractivity contribution is 6.06. The van der Waals surface area contributed by atoms with Crippen LogP contribution in [0.4, 0.5) is 8.78 Å². The predicted molar refractivity (Wildman–Crippen MR) is 112 cm³/mol. The summed E-state index contributed by atoms with van der Waals surface area (Å²) in [6.45, 7) is 2.12. The average molecular weight is 444 g/mol. The van der Waals surface area contributed by atoms with E-state index in [0.717, 1.165) is 26.7 Å². The summed E-state index contributed by atoms with van der Waals surface area (Å²) in [5.74, 6) is -4.40. The van der Waals surface area contributed by atoms with Crippen LogP contribution in [-0.2, 0) is 9.47 Å². The minimum absolute atomic E-state index is 0.0376. The summed E-state index contributed by atoms with van der Waals surface area (Å²) in [4.78, 5) is 25.3. The van der Waals surface area contributed by atoms with E-state index in [0.29, 0.717) is 12.1 Å². The van der Waals surface area contributed by atoms with Gasteiger partial charge >= 0.3 is 11.9 Å². The number of para-hydroxylation sites is 1. The third-order valence-electron chi connectivity index (χ3n) is 4.68. The second-order valence-electron chi connectivity index (χ2n) is 6.77. The number of nitrogens with zero attached hydrogens (tertiary/aromatic N) is 2. The van der Waals surface area contributed by atoms with Gasteiger partial charge in [0.25, 0.3) is 0 Å². The molecule has 1 aromatic heterocycles. The van der Waals surface area contributed by atoms with Gasteiger partial charge in [0.1, 0.15) is 11.3 Å². The van der Waals surface area contributed by atoms with E-state index in [1.165, 1.54) is 10.7 Å². The highest BCUT2D eigenvalue weighted by atomic mass is 19.2. The summed E-state index contributed by atoms with van der Waals surface area (Å²) >= 11 is 0. The zero-order valence-corrected chi connectivity index (χ0v) is 17.9. The molecular weight excluding hydrogens is 422 g/mol. The average Bonchev–Trinajstić information content (AvgIpc) is 3.22. The zero-order chi connectivity index (χ0) is 23.3. The van der Waals surface area contributed by atoms with Gasteiger partial charge in [-0.2, -0.15) is 9.49 Å². The number of carbonyl (C=O) groups excluding carboxylic acids is 2. The fourth-order valence-electron chi connectivity index (χ4n) is 3.09. The lowest BCUT2D eigenvalue weighted by Gasteiger charge is -2.10. The van der Waals surface area contributed by atoms with Gasteiger partial charge in [-0.25, -0.2) is 18.7 Å². The molecule has 9 heteroatoms. The van der Waals surface area contributed by atoms with Crippen LogP contribution in [0.15, 0.2) is 42.5 Å². The number of hydrogen-bond donors (Lipinski definition) is 0. The summed E-state index contributed by atoms with van der Waals surface area (Å²) in [5, 5.41) is 4.37. The number of carbonyl (C=O) groups is 2. The molecular formula is C23H22F2N2O5. The highest BCUT2D eigenvalue weighted by Crippen LogP contribution is 2.33. The standard InChI is InChI=1S/C23H22F2N2O5/c1-4-5-11-32-17-13-14(12-16(24)19(17)25)20-18(22(28)30-2)21(23(29)31-3)27(26-20)15-9-7-6-8-10-15/h6-10,12-13H,4-5,11H2,1-3H3. The second kappa shape index (κ2) is 10.0. The Bertz CT molecular complexity index is 1130. The Balaban J connectivity index is 2.28. The van der Waals surface area contributed by atoms with Crippen molar-refractivity contribution in [2.75, 3.05) is 20.8 Å².